The van der Waals surface area contributed by atoms with Crippen molar-refractivity contribution in [3.8, 4) is 0 Å². The zero-order chi connectivity index (χ0) is 23.1. The number of fused-ring (bicyclic) bond motifs is 1. The molecule has 0 atom stereocenters. The molecular weight excluding hydrogens is 424 g/mol. The van der Waals surface area contributed by atoms with Crippen molar-refractivity contribution in [2.24, 2.45) is 0 Å². The number of ether oxygens (including phenoxy) is 1. The van der Waals surface area contributed by atoms with Crippen molar-refractivity contribution < 1.29 is 19.1 Å². The van der Waals surface area contributed by atoms with Gasteiger partial charge < -0.3 is 14.5 Å². The molecule has 0 bridgehead atoms. The van der Waals surface area contributed by atoms with Crippen LogP contribution in [0.25, 0.3) is 10.8 Å². The summed E-state index contributed by atoms with van der Waals surface area (Å²) in [5.41, 5.74) is 1.12. The predicted octanol–water partition coefficient (Wildman–Crippen LogP) is 4.23. The van der Waals surface area contributed by atoms with Gasteiger partial charge in [0.05, 0.1) is 17.0 Å². The van der Waals surface area contributed by atoms with Crippen LogP contribution < -0.4 is 4.90 Å². The molecule has 0 aliphatic heterocycles. The molecule has 0 aromatic heterocycles. The fraction of sp³-hybridized carbons (Fsp3) is 0.240. The molecule has 0 heterocycles. The molecule has 3 aromatic rings. The minimum absolute atomic E-state index is 0.0537. The maximum atomic E-state index is 12.9. The van der Waals surface area contributed by atoms with Crippen molar-refractivity contribution in [3.63, 3.8) is 0 Å². The number of carbonyl (C=O) groups excluding carboxylic acids is 3. The molecule has 32 heavy (non-hydrogen) atoms. The van der Waals surface area contributed by atoms with Crippen molar-refractivity contribution >= 4 is 46.0 Å². The molecule has 0 unspecified atom stereocenters. The van der Waals surface area contributed by atoms with E-state index in [9.17, 15) is 14.4 Å². The monoisotopic (exact) mass is 450 g/mol. The highest BCUT2D eigenvalue weighted by Gasteiger charge is 2.20. The average Bonchev–Trinajstić information content (AvgIpc) is 2.81. The van der Waals surface area contributed by atoms with Gasteiger partial charge in [0.2, 0.25) is 5.91 Å². The molecular formula is C25H26N2O4S. The van der Waals surface area contributed by atoms with Gasteiger partial charge in [-0.15, -0.1) is 11.8 Å². The molecule has 3 rings (SSSR count). The standard InChI is InChI=1S/C25H26N2O4S/c1-4-27(21-14-9-11-18-10-5-6-12-19(18)21)23(28)16-31-25(30)20-13-7-8-15-22(20)32-17-24(29)26(2)3/h5-15H,4,16-17H2,1-3H3. The Morgan fingerprint density at radius 2 is 1.56 bits per heavy atom. The molecule has 3 aromatic carbocycles. The van der Waals surface area contributed by atoms with Crippen LogP contribution in [0.1, 0.15) is 17.3 Å². The van der Waals surface area contributed by atoms with Gasteiger partial charge in [0.1, 0.15) is 0 Å². The number of likely N-dealkylation sites (N-methyl/N-ethyl adjacent to an activating group) is 1. The lowest BCUT2D eigenvalue weighted by Gasteiger charge is -2.22. The van der Waals surface area contributed by atoms with E-state index in [0.717, 1.165) is 16.5 Å². The first-order chi connectivity index (χ1) is 15.4. The smallest absolute Gasteiger partial charge is 0.339 e. The maximum absolute atomic E-state index is 12.9. The Morgan fingerprint density at radius 3 is 2.31 bits per heavy atom. The number of hydrogen-bond acceptors (Lipinski definition) is 5. The number of hydrogen-bond donors (Lipinski definition) is 0. The van der Waals surface area contributed by atoms with Crippen molar-refractivity contribution in [2.75, 3.05) is 37.9 Å². The first-order valence-electron chi connectivity index (χ1n) is 10.3. The highest BCUT2D eigenvalue weighted by atomic mass is 32.2. The third kappa shape index (κ3) is 5.48. The lowest BCUT2D eigenvalue weighted by molar-refractivity contribution is -0.126. The molecule has 0 aliphatic carbocycles. The molecule has 0 saturated heterocycles. The highest BCUT2D eigenvalue weighted by Crippen LogP contribution is 2.27. The minimum atomic E-state index is -0.590. The van der Waals surface area contributed by atoms with Gasteiger partial charge >= 0.3 is 5.97 Å². The first-order valence-corrected chi connectivity index (χ1v) is 11.3. The van der Waals surface area contributed by atoms with Crippen molar-refractivity contribution in [1.82, 2.24) is 4.90 Å². The molecule has 0 aliphatic rings. The second-order valence-electron chi connectivity index (χ2n) is 7.29. The Kier molecular flexibility index (Phi) is 7.89. The second-order valence-corrected chi connectivity index (χ2v) is 8.30. The Balaban J connectivity index is 1.70. The summed E-state index contributed by atoms with van der Waals surface area (Å²) in [6.07, 6.45) is 0. The van der Waals surface area contributed by atoms with Gasteiger partial charge in [-0.05, 0) is 30.5 Å². The van der Waals surface area contributed by atoms with Crippen LogP contribution >= 0.6 is 11.8 Å². The Labute approximate surface area is 192 Å². The van der Waals surface area contributed by atoms with Crippen LogP contribution in [0.15, 0.2) is 71.6 Å². The van der Waals surface area contributed by atoms with Crippen LogP contribution in [0.4, 0.5) is 5.69 Å². The average molecular weight is 451 g/mol. The van der Waals surface area contributed by atoms with Gasteiger partial charge in [-0.1, -0.05) is 48.5 Å². The lowest BCUT2D eigenvalue weighted by atomic mass is 10.1. The van der Waals surface area contributed by atoms with Crippen LogP contribution in [-0.2, 0) is 14.3 Å². The number of rotatable bonds is 8. The summed E-state index contributed by atoms with van der Waals surface area (Å²) in [4.78, 5) is 41.3. The zero-order valence-corrected chi connectivity index (χ0v) is 19.2. The number of nitrogens with zero attached hydrogens (tertiary/aromatic N) is 2. The van der Waals surface area contributed by atoms with E-state index < -0.39 is 5.97 Å². The molecule has 0 radical (unpaired) electrons. The maximum Gasteiger partial charge on any atom is 0.339 e. The van der Waals surface area contributed by atoms with E-state index in [4.69, 9.17) is 4.74 Å². The largest absolute Gasteiger partial charge is 0.452 e. The summed E-state index contributed by atoms with van der Waals surface area (Å²) in [5, 5.41) is 2.00. The normalized spacial score (nSPS) is 10.6. The summed E-state index contributed by atoms with van der Waals surface area (Å²) < 4.78 is 5.36. The Morgan fingerprint density at radius 1 is 0.875 bits per heavy atom. The molecule has 0 N–H and O–H groups in total. The van der Waals surface area contributed by atoms with E-state index in [0.29, 0.717) is 17.0 Å². The molecule has 166 valence electrons. The van der Waals surface area contributed by atoms with Crippen molar-refractivity contribution in [3.05, 3.63) is 72.3 Å². The highest BCUT2D eigenvalue weighted by molar-refractivity contribution is 8.00. The van der Waals surface area contributed by atoms with Gasteiger partial charge in [-0.25, -0.2) is 4.79 Å². The molecule has 7 heteroatoms. The fourth-order valence-electron chi connectivity index (χ4n) is 3.24. The molecule has 0 saturated carbocycles. The number of thioether (sulfide) groups is 1. The van der Waals surface area contributed by atoms with Gasteiger partial charge in [0.25, 0.3) is 5.91 Å². The van der Waals surface area contributed by atoms with E-state index in [-0.39, 0.29) is 24.2 Å². The lowest BCUT2D eigenvalue weighted by Crippen LogP contribution is -2.34. The Bertz CT molecular complexity index is 1120. The van der Waals surface area contributed by atoms with Crippen LogP contribution in [0.2, 0.25) is 0 Å². The van der Waals surface area contributed by atoms with Crippen LogP contribution in [0, 0.1) is 0 Å². The van der Waals surface area contributed by atoms with E-state index in [2.05, 4.69) is 0 Å². The first kappa shape index (κ1) is 23.3. The fourth-order valence-corrected chi connectivity index (χ4v) is 4.26. The third-order valence-corrected chi connectivity index (χ3v) is 6.02. The van der Waals surface area contributed by atoms with Crippen molar-refractivity contribution in [1.29, 1.82) is 0 Å². The summed E-state index contributed by atoms with van der Waals surface area (Å²) in [7, 11) is 3.37. The summed E-state index contributed by atoms with van der Waals surface area (Å²) in [6, 6.07) is 20.6. The third-order valence-electron chi connectivity index (χ3n) is 4.96. The molecule has 0 spiro atoms. The van der Waals surface area contributed by atoms with E-state index in [1.54, 1.807) is 43.3 Å². The van der Waals surface area contributed by atoms with Gasteiger partial charge in [0.15, 0.2) is 6.61 Å². The van der Waals surface area contributed by atoms with Gasteiger partial charge in [-0.2, -0.15) is 0 Å². The van der Waals surface area contributed by atoms with Gasteiger partial charge in [-0.3, -0.25) is 9.59 Å². The number of anilines is 1. The summed E-state index contributed by atoms with van der Waals surface area (Å²) in [5.74, 6) is -0.735. The molecule has 2 amide bonds. The van der Waals surface area contributed by atoms with Crippen LogP contribution in [0.5, 0.6) is 0 Å². The molecule has 6 nitrogen and oxygen atoms in total. The topological polar surface area (TPSA) is 66.9 Å². The predicted molar refractivity (Wildman–Crippen MR) is 128 cm³/mol. The Hall–Kier alpha value is -3.32. The van der Waals surface area contributed by atoms with Crippen molar-refractivity contribution in [2.45, 2.75) is 11.8 Å². The van der Waals surface area contributed by atoms with Crippen LogP contribution in [-0.4, -0.2) is 55.7 Å². The quantitative estimate of drug-likeness (QED) is 0.380. The second kappa shape index (κ2) is 10.8. The number of carbonyl (C=O) groups is 3. The summed E-state index contributed by atoms with van der Waals surface area (Å²) in [6.45, 7) is 1.96. The van der Waals surface area contributed by atoms with Crippen LogP contribution in [0.3, 0.4) is 0 Å². The van der Waals surface area contributed by atoms with E-state index >= 15 is 0 Å². The number of esters is 1. The molecule has 0 fully saturated rings. The SMILES string of the molecule is CCN(C(=O)COC(=O)c1ccccc1SCC(=O)N(C)C)c1cccc2ccccc12. The van der Waals surface area contributed by atoms with E-state index in [1.165, 1.54) is 16.7 Å². The minimum Gasteiger partial charge on any atom is -0.452 e. The zero-order valence-electron chi connectivity index (χ0n) is 18.4. The number of benzene rings is 3. The number of amides is 2. The van der Waals surface area contributed by atoms with Gasteiger partial charge in [0, 0.05) is 30.9 Å². The van der Waals surface area contributed by atoms with E-state index in [1.807, 2.05) is 49.4 Å². The summed E-state index contributed by atoms with van der Waals surface area (Å²) >= 11 is 1.27.